The number of hydrogen-bond donors (Lipinski definition) is 1. The lowest BCUT2D eigenvalue weighted by Gasteiger charge is -2.38. The van der Waals surface area contributed by atoms with Gasteiger partial charge in [-0.2, -0.15) is 0 Å². The van der Waals surface area contributed by atoms with Crippen LogP contribution in [0.2, 0.25) is 0 Å². The molecule has 0 radical (unpaired) electrons. The molecule has 3 rings (SSSR count). The predicted molar refractivity (Wildman–Crippen MR) is 87.8 cm³/mol. The van der Waals surface area contributed by atoms with E-state index in [1.807, 2.05) is 24.3 Å². The van der Waals surface area contributed by atoms with Crippen LogP contribution in [0.4, 0.5) is 5.69 Å². The van der Waals surface area contributed by atoms with Gasteiger partial charge in [-0.15, -0.1) is 0 Å². The minimum Gasteiger partial charge on any atom is -0.476 e. The fourth-order valence-corrected chi connectivity index (χ4v) is 2.94. The van der Waals surface area contributed by atoms with Gasteiger partial charge >= 0.3 is 5.97 Å². The molecule has 1 fully saturated rings. The van der Waals surface area contributed by atoms with Crippen molar-refractivity contribution in [1.82, 2.24) is 10.1 Å². The molecule has 122 valence electrons. The second-order valence-electron chi connectivity index (χ2n) is 6.02. The molecule has 0 unspecified atom stereocenters. The normalized spacial score (nSPS) is 16.0. The van der Waals surface area contributed by atoms with Crippen LogP contribution < -0.4 is 4.90 Å². The lowest BCUT2D eigenvalue weighted by atomic mass is 10.1. The third-order valence-corrected chi connectivity index (χ3v) is 4.28. The standard InChI is InChI=1S/C17H21N3O3/c1-12(2)19-7-9-20(10-8-19)15-6-4-3-5-13(15)16-11-14(17(21)22)18-23-16/h3-6,11-12H,7-10H2,1-2H3,(H,21,22). The van der Waals surface area contributed by atoms with E-state index < -0.39 is 5.97 Å². The Morgan fingerprint density at radius 3 is 2.52 bits per heavy atom. The molecule has 0 spiro atoms. The number of benzene rings is 1. The van der Waals surface area contributed by atoms with Crippen LogP contribution in [0.25, 0.3) is 11.3 Å². The molecule has 2 aromatic rings. The van der Waals surface area contributed by atoms with Gasteiger partial charge in [-0.25, -0.2) is 4.79 Å². The zero-order valence-electron chi connectivity index (χ0n) is 13.4. The fourth-order valence-electron chi connectivity index (χ4n) is 2.94. The minimum atomic E-state index is -1.08. The first-order chi connectivity index (χ1) is 11.1. The van der Waals surface area contributed by atoms with Gasteiger partial charge in [0, 0.05) is 49.5 Å². The Morgan fingerprint density at radius 1 is 1.22 bits per heavy atom. The zero-order valence-corrected chi connectivity index (χ0v) is 13.4. The average Bonchev–Trinajstić information content (AvgIpc) is 3.05. The number of para-hydroxylation sites is 1. The summed E-state index contributed by atoms with van der Waals surface area (Å²) in [5, 5.41) is 12.6. The molecule has 1 saturated heterocycles. The van der Waals surface area contributed by atoms with Crippen molar-refractivity contribution >= 4 is 11.7 Å². The quantitative estimate of drug-likeness (QED) is 0.935. The van der Waals surface area contributed by atoms with Gasteiger partial charge in [0.25, 0.3) is 0 Å². The molecule has 6 nitrogen and oxygen atoms in total. The van der Waals surface area contributed by atoms with Crippen molar-refractivity contribution < 1.29 is 14.4 Å². The average molecular weight is 315 g/mol. The van der Waals surface area contributed by atoms with Crippen LogP contribution in [0.15, 0.2) is 34.9 Å². The Morgan fingerprint density at radius 2 is 1.91 bits per heavy atom. The zero-order chi connectivity index (χ0) is 16.4. The van der Waals surface area contributed by atoms with Crippen LogP contribution >= 0.6 is 0 Å². The molecule has 1 aliphatic heterocycles. The third kappa shape index (κ3) is 3.22. The number of carboxylic acids is 1. The summed E-state index contributed by atoms with van der Waals surface area (Å²) in [4.78, 5) is 15.8. The van der Waals surface area contributed by atoms with Crippen molar-refractivity contribution in [3.05, 3.63) is 36.0 Å². The lowest BCUT2D eigenvalue weighted by Crippen LogP contribution is -2.49. The van der Waals surface area contributed by atoms with Crippen molar-refractivity contribution in [2.45, 2.75) is 19.9 Å². The maximum atomic E-state index is 11.0. The molecular formula is C17H21N3O3. The topological polar surface area (TPSA) is 69.8 Å². The van der Waals surface area contributed by atoms with E-state index in [1.165, 1.54) is 6.07 Å². The van der Waals surface area contributed by atoms with Crippen LogP contribution in [0.5, 0.6) is 0 Å². The van der Waals surface area contributed by atoms with Gasteiger partial charge in [0.05, 0.1) is 0 Å². The Bertz CT molecular complexity index is 688. The number of carboxylic acid groups (broad SMARTS) is 1. The number of rotatable bonds is 4. The van der Waals surface area contributed by atoms with Crippen LogP contribution in [0.1, 0.15) is 24.3 Å². The molecule has 0 amide bonds. The Labute approximate surface area is 135 Å². The highest BCUT2D eigenvalue weighted by atomic mass is 16.5. The molecule has 0 atom stereocenters. The fraction of sp³-hybridized carbons (Fsp3) is 0.412. The molecule has 1 aromatic carbocycles. The molecule has 0 saturated carbocycles. The van der Waals surface area contributed by atoms with Crippen LogP contribution in [0, 0.1) is 0 Å². The first kappa shape index (κ1) is 15.6. The Kier molecular flexibility index (Phi) is 4.34. The second kappa shape index (κ2) is 6.42. The summed E-state index contributed by atoms with van der Waals surface area (Å²) in [7, 11) is 0. The van der Waals surface area contributed by atoms with E-state index in [2.05, 4.69) is 28.8 Å². The number of piperazine rings is 1. The highest BCUT2D eigenvalue weighted by molar-refractivity contribution is 5.87. The molecule has 2 heterocycles. The Hall–Kier alpha value is -2.34. The van der Waals surface area contributed by atoms with Crippen molar-refractivity contribution in [2.75, 3.05) is 31.1 Å². The van der Waals surface area contributed by atoms with Crippen LogP contribution in [0.3, 0.4) is 0 Å². The van der Waals surface area contributed by atoms with Crippen molar-refractivity contribution in [3.8, 4) is 11.3 Å². The van der Waals surface area contributed by atoms with Gasteiger partial charge in [0.1, 0.15) is 0 Å². The van der Waals surface area contributed by atoms with Gasteiger partial charge in [-0.05, 0) is 26.0 Å². The highest BCUT2D eigenvalue weighted by Gasteiger charge is 2.22. The van der Waals surface area contributed by atoms with Crippen LogP contribution in [-0.4, -0.2) is 53.4 Å². The van der Waals surface area contributed by atoms with Gasteiger partial charge in [-0.1, -0.05) is 17.3 Å². The third-order valence-electron chi connectivity index (χ3n) is 4.28. The van der Waals surface area contributed by atoms with Gasteiger partial charge in [0.2, 0.25) is 0 Å². The predicted octanol–water partition coefficient (Wildman–Crippen LogP) is 2.57. The smallest absolute Gasteiger partial charge is 0.358 e. The summed E-state index contributed by atoms with van der Waals surface area (Å²) in [6.45, 7) is 8.34. The van der Waals surface area contributed by atoms with Crippen molar-refractivity contribution in [3.63, 3.8) is 0 Å². The summed E-state index contributed by atoms with van der Waals surface area (Å²) in [6.07, 6.45) is 0. The van der Waals surface area contributed by atoms with E-state index in [0.717, 1.165) is 37.4 Å². The number of aromatic carboxylic acids is 1. The molecule has 23 heavy (non-hydrogen) atoms. The van der Waals surface area contributed by atoms with E-state index in [4.69, 9.17) is 9.63 Å². The van der Waals surface area contributed by atoms with E-state index in [-0.39, 0.29) is 5.69 Å². The number of nitrogens with zero attached hydrogens (tertiary/aromatic N) is 3. The monoisotopic (exact) mass is 315 g/mol. The summed E-state index contributed by atoms with van der Waals surface area (Å²) in [6, 6.07) is 9.93. The van der Waals surface area contributed by atoms with Crippen LogP contribution in [-0.2, 0) is 0 Å². The van der Waals surface area contributed by atoms with Gasteiger partial charge in [-0.3, -0.25) is 4.90 Å². The SMILES string of the molecule is CC(C)N1CCN(c2ccccc2-c2cc(C(=O)O)no2)CC1. The highest BCUT2D eigenvalue weighted by Crippen LogP contribution is 2.32. The molecular weight excluding hydrogens is 294 g/mol. The molecule has 1 N–H and O–H groups in total. The molecule has 0 aliphatic carbocycles. The number of aromatic nitrogens is 1. The molecule has 6 heteroatoms. The summed E-state index contributed by atoms with van der Waals surface area (Å²) >= 11 is 0. The summed E-state index contributed by atoms with van der Waals surface area (Å²) in [5.74, 6) is -0.590. The van der Waals surface area contributed by atoms with E-state index in [1.54, 1.807) is 0 Å². The molecule has 1 aromatic heterocycles. The number of hydrogen-bond acceptors (Lipinski definition) is 5. The second-order valence-corrected chi connectivity index (χ2v) is 6.02. The lowest BCUT2D eigenvalue weighted by molar-refractivity contribution is 0.0686. The van der Waals surface area contributed by atoms with Crippen molar-refractivity contribution in [1.29, 1.82) is 0 Å². The summed E-state index contributed by atoms with van der Waals surface area (Å²) < 4.78 is 5.23. The summed E-state index contributed by atoms with van der Waals surface area (Å²) in [5.41, 5.74) is 1.87. The van der Waals surface area contributed by atoms with E-state index in [0.29, 0.717) is 11.8 Å². The Balaban J connectivity index is 1.85. The minimum absolute atomic E-state index is 0.0700. The first-order valence-electron chi connectivity index (χ1n) is 7.84. The van der Waals surface area contributed by atoms with E-state index in [9.17, 15) is 4.79 Å². The number of anilines is 1. The maximum Gasteiger partial charge on any atom is 0.358 e. The number of carbonyl (C=O) groups is 1. The van der Waals surface area contributed by atoms with Crippen molar-refractivity contribution in [2.24, 2.45) is 0 Å². The maximum absolute atomic E-state index is 11.0. The van der Waals surface area contributed by atoms with E-state index >= 15 is 0 Å². The van der Waals surface area contributed by atoms with Gasteiger partial charge < -0.3 is 14.5 Å². The first-order valence-corrected chi connectivity index (χ1v) is 7.84. The molecule has 0 bridgehead atoms. The largest absolute Gasteiger partial charge is 0.476 e. The molecule has 1 aliphatic rings. The van der Waals surface area contributed by atoms with Gasteiger partial charge in [0.15, 0.2) is 11.5 Å².